The zero-order chi connectivity index (χ0) is 15.0. The lowest BCUT2D eigenvalue weighted by Gasteiger charge is -2.09. The van der Waals surface area contributed by atoms with Gasteiger partial charge in [0.15, 0.2) is 0 Å². The lowest BCUT2D eigenvalue weighted by molar-refractivity contribution is 0.275. The van der Waals surface area contributed by atoms with Crippen LogP contribution < -0.4 is 10.2 Å². The zero-order valence-electron chi connectivity index (χ0n) is 10.6. The van der Waals surface area contributed by atoms with Crippen molar-refractivity contribution in [1.29, 1.82) is 5.26 Å². The van der Waals surface area contributed by atoms with Gasteiger partial charge in [-0.05, 0) is 23.2 Å². The molecule has 0 saturated carbocycles. The number of ether oxygens (including phenoxy) is 1. The molecule has 1 aliphatic rings. The Morgan fingerprint density at radius 1 is 1.19 bits per heavy atom. The average molecular weight is 320 g/mol. The molecule has 0 aromatic heterocycles. The highest BCUT2D eigenvalue weighted by molar-refractivity contribution is 6.61. The molecule has 3 rings (SSSR count). The maximum absolute atomic E-state index is 9.56. The fourth-order valence-electron chi connectivity index (χ4n) is 2.12. The van der Waals surface area contributed by atoms with Crippen LogP contribution in [0.2, 0.25) is 10.0 Å². The smallest absolute Gasteiger partial charge is 0.457 e. The van der Waals surface area contributed by atoms with Crippen molar-refractivity contribution < 1.29 is 14.4 Å². The van der Waals surface area contributed by atoms with E-state index >= 15 is 0 Å². The van der Waals surface area contributed by atoms with Crippen molar-refractivity contribution in [1.82, 2.24) is 0 Å². The number of fused-ring (bicyclic) bond motifs is 1. The lowest BCUT2D eigenvalue weighted by Crippen LogP contribution is -2.27. The second-order valence-corrected chi connectivity index (χ2v) is 5.31. The van der Waals surface area contributed by atoms with Crippen LogP contribution in [0, 0.1) is 11.3 Å². The van der Waals surface area contributed by atoms with Crippen molar-refractivity contribution in [2.75, 3.05) is 0 Å². The first-order valence-corrected chi connectivity index (χ1v) is 6.83. The van der Waals surface area contributed by atoms with Crippen LogP contribution >= 0.6 is 23.2 Å². The molecular weight excluding hydrogens is 312 g/mol. The normalized spacial score (nSPS) is 13.0. The van der Waals surface area contributed by atoms with E-state index < -0.39 is 7.12 Å². The van der Waals surface area contributed by atoms with Gasteiger partial charge in [0.1, 0.15) is 17.6 Å². The van der Waals surface area contributed by atoms with Crippen LogP contribution in [0.1, 0.15) is 11.1 Å². The zero-order valence-corrected chi connectivity index (χ0v) is 12.1. The minimum atomic E-state index is -0.882. The third-order valence-corrected chi connectivity index (χ3v) is 3.74. The Morgan fingerprint density at radius 2 is 1.90 bits per heavy atom. The Balaban J connectivity index is 1.90. The third-order valence-electron chi connectivity index (χ3n) is 3.14. The van der Waals surface area contributed by atoms with E-state index in [9.17, 15) is 5.02 Å². The second kappa shape index (κ2) is 5.59. The molecule has 4 nitrogen and oxygen atoms in total. The van der Waals surface area contributed by atoms with Gasteiger partial charge in [0.2, 0.25) is 0 Å². The molecule has 1 N–H and O–H groups in total. The van der Waals surface area contributed by atoms with Crippen LogP contribution in [-0.2, 0) is 11.3 Å². The molecule has 104 valence electrons. The van der Waals surface area contributed by atoms with Crippen molar-refractivity contribution in [3.8, 4) is 17.6 Å². The number of halogens is 2. The molecule has 0 unspecified atom stereocenters. The molecule has 0 saturated heterocycles. The maximum atomic E-state index is 9.56. The van der Waals surface area contributed by atoms with Gasteiger partial charge >= 0.3 is 7.12 Å². The number of nitrogens with zero attached hydrogens (tertiary/aromatic N) is 1. The molecule has 0 aliphatic carbocycles. The van der Waals surface area contributed by atoms with Gasteiger partial charge in [-0.3, -0.25) is 0 Å². The molecule has 2 aromatic carbocycles. The predicted octanol–water partition coefficient (Wildman–Crippen LogP) is 2.88. The molecule has 1 aliphatic heterocycles. The number of hydrogen-bond donors (Lipinski definition) is 1. The van der Waals surface area contributed by atoms with E-state index in [1.165, 1.54) is 12.1 Å². The van der Waals surface area contributed by atoms with Gasteiger partial charge in [0, 0.05) is 12.1 Å². The van der Waals surface area contributed by atoms with Gasteiger partial charge in [-0.15, -0.1) is 0 Å². The standard InChI is InChI=1S/C14H8BCl2NO3/c16-13-4-10(5-14(17)11(13)6-18)21-9-1-2-12-8(3-9)7-20-15(12)19/h1-5,19H,7H2. The summed E-state index contributed by atoms with van der Waals surface area (Å²) in [7, 11) is -0.882. The first kappa shape index (κ1) is 14.2. The number of rotatable bonds is 2. The SMILES string of the molecule is N#Cc1c(Cl)cc(Oc2ccc3c(c2)COB3O)cc1Cl. The summed E-state index contributed by atoms with van der Waals surface area (Å²) in [6.45, 7) is 0.336. The highest BCUT2D eigenvalue weighted by Crippen LogP contribution is 2.32. The topological polar surface area (TPSA) is 62.5 Å². The van der Waals surface area contributed by atoms with E-state index in [-0.39, 0.29) is 15.6 Å². The summed E-state index contributed by atoms with van der Waals surface area (Å²) in [4.78, 5) is 0. The summed E-state index contributed by atoms with van der Waals surface area (Å²) < 4.78 is 10.8. The molecule has 21 heavy (non-hydrogen) atoms. The summed E-state index contributed by atoms with van der Waals surface area (Å²) in [5.74, 6) is 1.01. The molecule has 0 bridgehead atoms. The Kier molecular flexibility index (Phi) is 3.79. The van der Waals surface area contributed by atoms with Crippen LogP contribution in [0.15, 0.2) is 30.3 Å². The largest absolute Gasteiger partial charge is 0.491 e. The second-order valence-electron chi connectivity index (χ2n) is 4.50. The Bertz CT molecular complexity index is 737. The van der Waals surface area contributed by atoms with E-state index in [1.807, 2.05) is 6.07 Å². The van der Waals surface area contributed by atoms with Crippen molar-refractivity contribution in [2.45, 2.75) is 6.61 Å². The van der Waals surface area contributed by atoms with Gasteiger partial charge in [-0.25, -0.2) is 0 Å². The highest BCUT2D eigenvalue weighted by atomic mass is 35.5. The van der Waals surface area contributed by atoms with Crippen molar-refractivity contribution in [2.24, 2.45) is 0 Å². The van der Waals surface area contributed by atoms with Gasteiger partial charge in [0.05, 0.1) is 22.2 Å². The average Bonchev–Trinajstić information content (AvgIpc) is 2.80. The summed E-state index contributed by atoms with van der Waals surface area (Å²) >= 11 is 11.9. The first-order chi connectivity index (χ1) is 10.1. The summed E-state index contributed by atoms with van der Waals surface area (Å²) in [6.07, 6.45) is 0. The quantitative estimate of drug-likeness (QED) is 0.865. The molecule has 0 fully saturated rings. The van der Waals surface area contributed by atoms with Gasteiger partial charge < -0.3 is 14.4 Å². The van der Waals surface area contributed by atoms with E-state index in [4.69, 9.17) is 37.9 Å². The van der Waals surface area contributed by atoms with Crippen molar-refractivity contribution in [3.63, 3.8) is 0 Å². The Hall–Kier alpha value is -1.71. The molecule has 2 aromatic rings. The third kappa shape index (κ3) is 2.72. The van der Waals surface area contributed by atoms with E-state index in [0.717, 1.165) is 11.0 Å². The van der Waals surface area contributed by atoms with Crippen LogP contribution in [0.4, 0.5) is 0 Å². The van der Waals surface area contributed by atoms with Gasteiger partial charge in [-0.2, -0.15) is 5.26 Å². The summed E-state index contributed by atoms with van der Waals surface area (Å²) in [5.41, 5.74) is 1.82. The molecule has 1 heterocycles. The first-order valence-electron chi connectivity index (χ1n) is 6.08. The molecular formula is C14H8BCl2NO3. The highest BCUT2D eigenvalue weighted by Gasteiger charge is 2.27. The monoisotopic (exact) mass is 319 g/mol. The maximum Gasteiger partial charge on any atom is 0.491 e. The predicted molar refractivity (Wildman–Crippen MR) is 80.1 cm³/mol. The number of nitriles is 1. The number of hydrogen-bond acceptors (Lipinski definition) is 4. The van der Waals surface area contributed by atoms with Crippen LogP contribution in [0.3, 0.4) is 0 Å². The van der Waals surface area contributed by atoms with E-state index in [2.05, 4.69) is 0 Å². The van der Waals surface area contributed by atoms with Crippen LogP contribution in [-0.4, -0.2) is 12.1 Å². The molecule has 0 spiro atoms. The minimum absolute atomic E-state index is 0.219. The summed E-state index contributed by atoms with van der Waals surface area (Å²) in [5, 5.41) is 18.9. The van der Waals surface area contributed by atoms with Crippen LogP contribution in [0.25, 0.3) is 0 Å². The molecule has 0 amide bonds. The summed E-state index contributed by atoms with van der Waals surface area (Å²) in [6, 6.07) is 10.2. The fourth-order valence-corrected chi connectivity index (χ4v) is 2.67. The Morgan fingerprint density at radius 3 is 2.57 bits per heavy atom. The molecule has 7 heteroatoms. The van der Waals surface area contributed by atoms with Crippen LogP contribution in [0.5, 0.6) is 11.5 Å². The Labute approximate surface area is 131 Å². The molecule has 0 atom stereocenters. The van der Waals surface area contributed by atoms with E-state index in [0.29, 0.717) is 18.1 Å². The minimum Gasteiger partial charge on any atom is -0.457 e. The fraction of sp³-hybridized carbons (Fsp3) is 0.0714. The van der Waals surface area contributed by atoms with Gasteiger partial charge in [0.25, 0.3) is 0 Å². The lowest BCUT2D eigenvalue weighted by atomic mass is 9.80. The molecule has 0 radical (unpaired) electrons. The van der Waals surface area contributed by atoms with E-state index in [1.54, 1.807) is 18.2 Å². The van der Waals surface area contributed by atoms with Gasteiger partial charge in [-0.1, -0.05) is 29.3 Å². The number of benzene rings is 2. The van der Waals surface area contributed by atoms with Crippen molar-refractivity contribution >= 4 is 35.8 Å². The van der Waals surface area contributed by atoms with Crippen molar-refractivity contribution in [3.05, 3.63) is 51.5 Å².